The van der Waals surface area contributed by atoms with Gasteiger partial charge in [0.05, 0.1) is 4.90 Å². The summed E-state index contributed by atoms with van der Waals surface area (Å²) in [6.45, 7) is 2.51. The molecule has 1 N–H and O–H groups in total. The topological polar surface area (TPSA) is 105 Å². The second kappa shape index (κ2) is 6.70. The number of nitrogens with zero attached hydrogens (tertiary/aromatic N) is 3. The van der Waals surface area contributed by atoms with Gasteiger partial charge in [-0.05, 0) is 30.7 Å². The fourth-order valence-corrected chi connectivity index (χ4v) is 3.57. The Balaban J connectivity index is 1.62. The number of amides is 1. The summed E-state index contributed by atoms with van der Waals surface area (Å²) >= 11 is 0. The van der Waals surface area contributed by atoms with Gasteiger partial charge in [-0.2, -0.15) is 0 Å². The summed E-state index contributed by atoms with van der Waals surface area (Å²) in [7, 11) is -3.62. The van der Waals surface area contributed by atoms with Gasteiger partial charge in [-0.15, -0.1) is 10.2 Å². The van der Waals surface area contributed by atoms with Crippen LogP contribution in [0, 0.1) is 6.92 Å². The van der Waals surface area contributed by atoms with Crippen molar-refractivity contribution in [2.24, 2.45) is 0 Å². The van der Waals surface area contributed by atoms with E-state index in [1.54, 1.807) is 24.0 Å². The molecule has 9 heteroatoms. The van der Waals surface area contributed by atoms with Crippen LogP contribution in [-0.2, 0) is 21.2 Å². The van der Waals surface area contributed by atoms with Crippen LogP contribution < -0.4 is 9.62 Å². The van der Waals surface area contributed by atoms with E-state index in [4.69, 9.17) is 4.42 Å². The molecule has 0 atom stereocenters. The molecule has 1 amide bonds. The summed E-state index contributed by atoms with van der Waals surface area (Å²) < 4.78 is 32.2. The van der Waals surface area contributed by atoms with Crippen molar-refractivity contribution in [3.05, 3.63) is 36.0 Å². The van der Waals surface area contributed by atoms with Gasteiger partial charge in [0.25, 0.3) is 0 Å². The second-order valence-electron chi connectivity index (χ2n) is 5.51. The fourth-order valence-electron chi connectivity index (χ4n) is 2.54. The number of rotatable bonds is 6. The van der Waals surface area contributed by atoms with Crippen molar-refractivity contribution in [3.63, 3.8) is 0 Å². The van der Waals surface area contributed by atoms with Gasteiger partial charge >= 0.3 is 0 Å². The van der Waals surface area contributed by atoms with Crippen LogP contribution in [0.25, 0.3) is 0 Å². The maximum atomic E-state index is 12.3. The van der Waals surface area contributed by atoms with Crippen molar-refractivity contribution in [3.8, 4) is 0 Å². The number of aryl methyl sites for hydroxylation is 1. The molecule has 0 spiro atoms. The maximum Gasteiger partial charge on any atom is 0.240 e. The van der Waals surface area contributed by atoms with Crippen LogP contribution in [0.1, 0.15) is 24.6 Å². The van der Waals surface area contributed by atoms with Gasteiger partial charge in [-0.25, -0.2) is 13.1 Å². The number of hydrogen-bond donors (Lipinski definition) is 1. The lowest BCUT2D eigenvalue weighted by Gasteiger charge is -2.16. The molecule has 1 aromatic heterocycles. The first-order valence-corrected chi connectivity index (χ1v) is 9.13. The Hall–Kier alpha value is -2.26. The summed E-state index contributed by atoms with van der Waals surface area (Å²) in [4.78, 5) is 13.5. The average Bonchev–Trinajstić information content (AvgIpc) is 3.16. The Morgan fingerprint density at radius 2 is 2.00 bits per heavy atom. The summed E-state index contributed by atoms with van der Waals surface area (Å²) in [5.74, 6) is 0.900. The van der Waals surface area contributed by atoms with Crippen molar-refractivity contribution in [2.75, 3.05) is 18.0 Å². The van der Waals surface area contributed by atoms with Crippen molar-refractivity contribution in [2.45, 2.75) is 31.1 Å². The highest BCUT2D eigenvalue weighted by molar-refractivity contribution is 7.89. The Morgan fingerprint density at radius 1 is 1.25 bits per heavy atom. The van der Waals surface area contributed by atoms with Crippen molar-refractivity contribution in [1.82, 2.24) is 14.9 Å². The molecule has 0 aliphatic carbocycles. The molecular formula is C15H18N4O4S. The Bertz CT molecular complexity index is 829. The van der Waals surface area contributed by atoms with E-state index < -0.39 is 10.0 Å². The van der Waals surface area contributed by atoms with Gasteiger partial charge in [-0.3, -0.25) is 4.79 Å². The number of anilines is 1. The number of aromatic nitrogens is 2. The van der Waals surface area contributed by atoms with Gasteiger partial charge in [0.15, 0.2) is 0 Å². The third kappa shape index (κ3) is 3.62. The van der Waals surface area contributed by atoms with E-state index >= 15 is 0 Å². The molecule has 128 valence electrons. The van der Waals surface area contributed by atoms with Crippen molar-refractivity contribution < 1.29 is 17.6 Å². The third-order valence-electron chi connectivity index (χ3n) is 3.73. The van der Waals surface area contributed by atoms with Crippen LogP contribution in [0.2, 0.25) is 0 Å². The Morgan fingerprint density at radius 3 is 2.58 bits per heavy atom. The van der Waals surface area contributed by atoms with Gasteiger partial charge in [0.1, 0.15) is 0 Å². The van der Waals surface area contributed by atoms with Crippen LogP contribution in [-0.4, -0.2) is 37.6 Å². The van der Waals surface area contributed by atoms with Crippen molar-refractivity contribution in [1.29, 1.82) is 0 Å². The molecule has 1 aliphatic heterocycles. The molecular weight excluding hydrogens is 332 g/mol. The zero-order valence-corrected chi connectivity index (χ0v) is 14.0. The average molecular weight is 350 g/mol. The highest BCUT2D eigenvalue weighted by Crippen LogP contribution is 2.22. The monoisotopic (exact) mass is 350 g/mol. The molecule has 8 nitrogen and oxygen atoms in total. The third-order valence-corrected chi connectivity index (χ3v) is 5.21. The molecule has 1 aliphatic rings. The Kier molecular flexibility index (Phi) is 4.63. The fraction of sp³-hybridized carbons (Fsp3) is 0.400. The highest BCUT2D eigenvalue weighted by Gasteiger charge is 2.22. The first kappa shape index (κ1) is 16.6. The number of nitrogens with one attached hydrogen (secondary N) is 1. The van der Waals surface area contributed by atoms with E-state index in [2.05, 4.69) is 14.9 Å². The second-order valence-corrected chi connectivity index (χ2v) is 7.27. The number of carbonyl (C=O) groups excluding carboxylic acids is 1. The molecule has 0 bridgehead atoms. The van der Waals surface area contributed by atoms with E-state index in [1.165, 1.54) is 12.1 Å². The summed E-state index contributed by atoms with van der Waals surface area (Å²) in [6.07, 6.45) is 1.69. The minimum absolute atomic E-state index is 0.0681. The minimum Gasteiger partial charge on any atom is -0.426 e. The van der Waals surface area contributed by atoms with Crippen LogP contribution >= 0.6 is 0 Å². The number of hydrogen-bond acceptors (Lipinski definition) is 6. The number of carbonyl (C=O) groups is 1. The predicted molar refractivity (Wildman–Crippen MR) is 86.0 cm³/mol. The molecule has 0 saturated carbocycles. The largest absolute Gasteiger partial charge is 0.426 e. The summed E-state index contributed by atoms with van der Waals surface area (Å²) in [5, 5.41) is 7.50. The Labute approximate surface area is 139 Å². The smallest absolute Gasteiger partial charge is 0.240 e. The van der Waals surface area contributed by atoms with Gasteiger partial charge in [0.2, 0.25) is 27.7 Å². The van der Waals surface area contributed by atoms with Gasteiger partial charge in [-0.1, -0.05) is 0 Å². The lowest BCUT2D eigenvalue weighted by atomic mass is 10.3. The van der Waals surface area contributed by atoms with Crippen LogP contribution in [0.4, 0.5) is 5.69 Å². The van der Waals surface area contributed by atoms with Crippen LogP contribution in [0.5, 0.6) is 0 Å². The number of benzene rings is 1. The molecule has 2 aromatic rings. The van der Waals surface area contributed by atoms with E-state index in [0.29, 0.717) is 31.2 Å². The zero-order chi connectivity index (χ0) is 17.2. The van der Waals surface area contributed by atoms with E-state index in [9.17, 15) is 13.2 Å². The standard InChI is InChI=1S/C15H18N4O4S/c1-11-17-18-14(23-11)8-9-16-24(21,22)13-6-4-12(5-7-13)19-10-2-3-15(19)20/h4-7,16H,2-3,8-10H2,1H3. The molecule has 24 heavy (non-hydrogen) atoms. The maximum absolute atomic E-state index is 12.3. The van der Waals surface area contributed by atoms with E-state index in [1.807, 2.05) is 0 Å². The van der Waals surface area contributed by atoms with Crippen LogP contribution in [0.15, 0.2) is 33.6 Å². The van der Waals surface area contributed by atoms with E-state index in [-0.39, 0.29) is 17.3 Å². The molecule has 1 fully saturated rings. The molecule has 2 heterocycles. The quantitative estimate of drug-likeness (QED) is 0.834. The predicted octanol–water partition coefficient (Wildman–Crippen LogP) is 1.03. The van der Waals surface area contributed by atoms with Gasteiger partial charge < -0.3 is 9.32 Å². The van der Waals surface area contributed by atoms with E-state index in [0.717, 1.165) is 12.1 Å². The lowest BCUT2D eigenvalue weighted by Crippen LogP contribution is -2.26. The highest BCUT2D eigenvalue weighted by atomic mass is 32.2. The first-order valence-electron chi connectivity index (χ1n) is 7.65. The summed E-state index contributed by atoms with van der Waals surface area (Å²) in [5.41, 5.74) is 0.720. The lowest BCUT2D eigenvalue weighted by molar-refractivity contribution is -0.117. The molecule has 1 saturated heterocycles. The molecule has 0 unspecified atom stereocenters. The molecule has 3 rings (SSSR count). The van der Waals surface area contributed by atoms with Crippen molar-refractivity contribution >= 4 is 21.6 Å². The van der Waals surface area contributed by atoms with Gasteiger partial charge in [0, 0.05) is 38.5 Å². The number of sulfonamides is 1. The summed E-state index contributed by atoms with van der Waals surface area (Å²) in [6, 6.07) is 6.30. The molecule has 1 aromatic carbocycles. The van der Waals surface area contributed by atoms with Crippen LogP contribution in [0.3, 0.4) is 0 Å². The molecule has 0 radical (unpaired) electrons. The zero-order valence-electron chi connectivity index (χ0n) is 13.2. The first-order chi connectivity index (χ1) is 11.5. The SMILES string of the molecule is Cc1nnc(CCNS(=O)(=O)c2ccc(N3CCCC3=O)cc2)o1. The minimum atomic E-state index is -3.62. The normalized spacial score (nSPS) is 15.2.